The summed E-state index contributed by atoms with van der Waals surface area (Å²) in [5, 5.41) is 7.04. The van der Waals surface area contributed by atoms with Gasteiger partial charge in [-0.15, -0.1) is 0 Å². The normalized spacial score (nSPS) is 12.9. The first-order valence-electron chi connectivity index (χ1n) is 3.85. The summed E-state index contributed by atoms with van der Waals surface area (Å²) in [6, 6.07) is 7.21. The quantitative estimate of drug-likeness (QED) is 0.827. The lowest BCUT2D eigenvalue weighted by molar-refractivity contribution is 0.340. The van der Waals surface area contributed by atoms with E-state index < -0.39 is 21.6 Å². The lowest BCUT2D eigenvalue weighted by Gasteiger charge is -2.00. The largest absolute Gasteiger partial charge is 0.392 e. The molecule has 5 heteroatoms. The average Bonchev–Trinajstić information content (AvgIpc) is 2.19. The second-order valence-corrected chi connectivity index (χ2v) is 4.38. The van der Waals surface area contributed by atoms with Gasteiger partial charge in [0.2, 0.25) is 15.0 Å². The molecule has 0 aliphatic rings. The average molecular weight is 216 g/mol. The number of benzene rings is 1. The van der Waals surface area contributed by atoms with Gasteiger partial charge in [-0.05, 0) is 18.2 Å². The van der Waals surface area contributed by atoms with Gasteiger partial charge in [0.15, 0.2) is 0 Å². The summed E-state index contributed by atoms with van der Waals surface area (Å²) in [6.45, 7) is -0.641. The van der Waals surface area contributed by atoms with E-state index >= 15 is 0 Å². The summed E-state index contributed by atoms with van der Waals surface area (Å²) in [5.41, 5.74) is 0. The van der Waals surface area contributed by atoms with E-state index in [9.17, 15) is 12.8 Å². The number of hydrogen-bond acceptors (Lipinski definition) is 3. The molecule has 1 aromatic rings. The summed E-state index contributed by atoms with van der Waals surface area (Å²) in [4.78, 5) is -0.123. The molecule has 0 aliphatic heterocycles. The van der Waals surface area contributed by atoms with Gasteiger partial charge in [-0.25, -0.2) is 8.42 Å². The fourth-order valence-electron chi connectivity index (χ4n) is 0.894. The van der Waals surface area contributed by atoms with E-state index in [0.29, 0.717) is 6.08 Å². The van der Waals surface area contributed by atoms with Gasteiger partial charge < -0.3 is 5.11 Å². The molecule has 0 aromatic heterocycles. The summed E-state index contributed by atoms with van der Waals surface area (Å²) in [6.07, 6.45) is 0.613. The Hall–Kier alpha value is -1.20. The van der Waals surface area contributed by atoms with Crippen molar-refractivity contribution in [1.82, 2.24) is 0 Å². The van der Waals surface area contributed by atoms with Crippen molar-refractivity contribution in [2.75, 3.05) is 6.61 Å². The molecule has 0 atom stereocenters. The fourth-order valence-corrected chi connectivity index (χ4v) is 1.93. The van der Waals surface area contributed by atoms with Crippen molar-refractivity contribution < 1.29 is 17.9 Å². The van der Waals surface area contributed by atoms with E-state index in [2.05, 4.69) is 0 Å². The number of sulfone groups is 1. The summed E-state index contributed by atoms with van der Waals surface area (Å²) in [5.74, 6) is 0. The van der Waals surface area contributed by atoms with Crippen molar-refractivity contribution in [3.8, 4) is 0 Å². The number of hydrogen-bond donors (Lipinski definition) is 1. The molecule has 14 heavy (non-hydrogen) atoms. The van der Waals surface area contributed by atoms with Crippen molar-refractivity contribution in [3.63, 3.8) is 0 Å². The van der Waals surface area contributed by atoms with E-state index in [1.807, 2.05) is 0 Å². The van der Waals surface area contributed by atoms with Crippen molar-refractivity contribution in [2.24, 2.45) is 0 Å². The van der Waals surface area contributed by atoms with Gasteiger partial charge in [0.25, 0.3) is 0 Å². The molecule has 0 heterocycles. The zero-order valence-corrected chi connectivity index (χ0v) is 8.04. The third-order valence-corrected chi connectivity index (χ3v) is 3.13. The lowest BCUT2D eigenvalue weighted by Crippen LogP contribution is -2.01. The highest BCUT2D eigenvalue weighted by Crippen LogP contribution is 2.19. The van der Waals surface area contributed by atoms with Gasteiger partial charge in [0.1, 0.15) is 0 Å². The molecule has 0 radical (unpaired) electrons. The molecule has 1 aromatic carbocycles. The van der Waals surface area contributed by atoms with Crippen LogP contribution in [0.1, 0.15) is 0 Å². The fraction of sp³-hybridized carbons (Fsp3) is 0.111. The molecule has 0 spiro atoms. The topological polar surface area (TPSA) is 54.4 Å². The second kappa shape index (κ2) is 4.34. The zero-order chi connectivity index (χ0) is 10.6. The number of aliphatic hydroxyl groups excluding tert-OH is 1. The lowest BCUT2D eigenvalue weighted by atomic mass is 10.4. The molecule has 0 amide bonds. The molecule has 0 bridgehead atoms. The van der Waals surface area contributed by atoms with E-state index in [4.69, 9.17) is 5.11 Å². The highest BCUT2D eigenvalue weighted by atomic mass is 32.2. The predicted molar refractivity (Wildman–Crippen MR) is 49.9 cm³/mol. The zero-order valence-electron chi connectivity index (χ0n) is 7.22. The second-order valence-electron chi connectivity index (χ2n) is 2.51. The first-order chi connectivity index (χ1) is 6.59. The van der Waals surface area contributed by atoms with Crippen LogP contribution in [-0.4, -0.2) is 20.1 Å². The van der Waals surface area contributed by atoms with Gasteiger partial charge in [0, 0.05) is 0 Å². The van der Waals surface area contributed by atoms with Crippen LogP contribution in [0.5, 0.6) is 0 Å². The Labute approximate surface area is 81.4 Å². The molecule has 0 saturated heterocycles. The Kier molecular flexibility index (Phi) is 3.38. The van der Waals surface area contributed by atoms with Crippen LogP contribution in [-0.2, 0) is 9.84 Å². The minimum atomic E-state index is -4.07. The Morgan fingerprint density at radius 2 is 1.93 bits per heavy atom. The number of rotatable bonds is 3. The number of aliphatic hydroxyl groups is 1. The maximum Gasteiger partial charge on any atom is 0.233 e. The van der Waals surface area contributed by atoms with E-state index in [1.165, 1.54) is 24.3 Å². The molecule has 3 nitrogen and oxygen atoms in total. The Bertz CT molecular complexity index is 423. The van der Waals surface area contributed by atoms with Crippen LogP contribution in [0.25, 0.3) is 0 Å². The van der Waals surface area contributed by atoms with Crippen LogP contribution in [0.4, 0.5) is 4.39 Å². The maximum absolute atomic E-state index is 13.0. The van der Waals surface area contributed by atoms with Gasteiger partial charge in [-0.3, -0.25) is 0 Å². The van der Waals surface area contributed by atoms with Crippen LogP contribution in [0, 0.1) is 0 Å². The molecular formula is C9H9FO3S. The van der Waals surface area contributed by atoms with Crippen LogP contribution in [0.15, 0.2) is 46.5 Å². The van der Waals surface area contributed by atoms with Crippen molar-refractivity contribution in [2.45, 2.75) is 4.90 Å². The molecular weight excluding hydrogens is 207 g/mol. The molecule has 0 aliphatic carbocycles. The van der Waals surface area contributed by atoms with Gasteiger partial charge in [-0.2, -0.15) is 4.39 Å². The molecule has 0 unspecified atom stereocenters. The van der Waals surface area contributed by atoms with E-state index in [-0.39, 0.29) is 4.90 Å². The standard InChI is InChI=1S/C9H9FO3S/c10-9(6-7-11)14(12,13)8-4-2-1-3-5-8/h1-6,11H,7H2/b9-6+. The SMILES string of the molecule is O=S(=O)(/C(F)=C/CO)c1ccccc1. The molecule has 0 saturated carbocycles. The van der Waals surface area contributed by atoms with E-state index in [1.54, 1.807) is 6.07 Å². The van der Waals surface area contributed by atoms with Crippen molar-refractivity contribution >= 4 is 9.84 Å². The van der Waals surface area contributed by atoms with Crippen LogP contribution in [0.2, 0.25) is 0 Å². The van der Waals surface area contributed by atoms with Crippen molar-refractivity contribution in [3.05, 3.63) is 41.6 Å². The molecule has 76 valence electrons. The Balaban J connectivity index is 3.17. The Morgan fingerprint density at radius 1 is 1.36 bits per heavy atom. The highest BCUT2D eigenvalue weighted by molar-refractivity contribution is 7.95. The first kappa shape index (κ1) is 10.9. The number of halogens is 1. The summed E-state index contributed by atoms with van der Waals surface area (Å²) in [7, 11) is -4.07. The highest BCUT2D eigenvalue weighted by Gasteiger charge is 2.19. The molecule has 1 rings (SSSR count). The summed E-state index contributed by atoms with van der Waals surface area (Å²) >= 11 is 0. The van der Waals surface area contributed by atoms with Crippen LogP contribution < -0.4 is 0 Å². The van der Waals surface area contributed by atoms with Crippen molar-refractivity contribution in [1.29, 1.82) is 0 Å². The van der Waals surface area contributed by atoms with Gasteiger partial charge >= 0.3 is 0 Å². The minimum absolute atomic E-state index is 0.123. The molecule has 0 fully saturated rings. The summed E-state index contributed by atoms with van der Waals surface area (Å²) < 4.78 is 35.7. The molecule has 1 N–H and O–H groups in total. The predicted octanol–water partition coefficient (Wildman–Crippen LogP) is 1.26. The van der Waals surface area contributed by atoms with Crippen LogP contribution in [0.3, 0.4) is 0 Å². The monoisotopic (exact) mass is 216 g/mol. The Morgan fingerprint density at radius 3 is 2.43 bits per heavy atom. The maximum atomic E-state index is 13.0. The van der Waals surface area contributed by atoms with Gasteiger partial charge in [-0.1, -0.05) is 18.2 Å². The van der Waals surface area contributed by atoms with E-state index in [0.717, 1.165) is 0 Å². The third-order valence-electron chi connectivity index (χ3n) is 1.56. The smallest absolute Gasteiger partial charge is 0.233 e. The minimum Gasteiger partial charge on any atom is -0.392 e. The first-order valence-corrected chi connectivity index (χ1v) is 5.34. The van der Waals surface area contributed by atoms with Gasteiger partial charge in [0.05, 0.1) is 11.5 Å². The third kappa shape index (κ3) is 2.18. The van der Waals surface area contributed by atoms with Crippen LogP contribution >= 0.6 is 0 Å².